The summed E-state index contributed by atoms with van der Waals surface area (Å²) in [5, 5.41) is 5.16. The number of alkyl halides is 3. The molecule has 2 aromatic rings. The van der Waals surface area contributed by atoms with Gasteiger partial charge in [0, 0.05) is 15.5 Å². The number of aromatic nitrogens is 1. The molecule has 0 bridgehead atoms. The van der Waals surface area contributed by atoms with E-state index in [4.69, 9.17) is 0 Å². The number of nitrogens with zero attached hydrogens (tertiary/aromatic N) is 1. The summed E-state index contributed by atoms with van der Waals surface area (Å²) in [6, 6.07) is 4.18. The predicted molar refractivity (Wildman–Crippen MR) is 76.8 cm³/mol. The number of thiophene rings is 1. The molecular formula is C13H12BrF3N2S. The highest BCUT2D eigenvalue weighted by Crippen LogP contribution is 2.34. The van der Waals surface area contributed by atoms with Crippen molar-refractivity contribution in [1.82, 2.24) is 10.3 Å². The van der Waals surface area contributed by atoms with Gasteiger partial charge in [0.25, 0.3) is 0 Å². The Morgan fingerprint density at radius 1 is 1.35 bits per heavy atom. The lowest BCUT2D eigenvalue weighted by Crippen LogP contribution is -2.22. The van der Waals surface area contributed by atoms with Gasteiger partial charge in [0.1, 0.15) is 0 Å². The number of rotatable bonds is 4. The second-order valence-electron chi connectivity index (χ2n) is 4.09. The van der Waals surface area contributed by atoms with Crippen LogP contribution in [0.2, 0.25) is 0 Å². The normalized spacial score (nSPS) is 13.4. The summed E-state index contributed by atoms with van der Waals surface area (Å²) in [6.07, 6.45) is -3.48. The van der Waals surface area contributed by atoms with Crippen LogP contribution in [0.3, 0.4) is 0 Å². The van der Waals surface area contributed by atoms with Gasteiger partial charge in [-0.25, -0.2) is 0 Å². The summed E-state index contributed by atoms with van der Waals surface area (Å²) in [6.45, 7) is 2.64. The molecule has 2 rings (SSSR count). The lowest BCUT2D eigenvalue weighted by Gasteiger charge is -2.17. The van der Waals surface area contributed by atoms with Crippen LogP contribution in [0.4, 0.5) is 13.2 Å². The van der Waals surface area contributed by atoms with Crippen LogP contribution in [0.1, 0.15) is 29.1 Å². The Hall–Kier alpha value is -0.920. The highest BCUT2D eigenvalue weighted by molar-refractivity contribution is 9.10. The molecular weight excluding hydrogens is 353 g/mol. The second kappa shape index (κ2) is 6.24. The SMILES string of the molecule is CCNC(c1ccc(C(F)(F)F)cn1)c1sccc1Br. The van der Waals surface area contributed by atoms with E-state index >= 15 is 0 Å². The number of hydrogen-bond acceptors (Lipinski definition) is 3. The van der Waals surface area contributed by atoms with E-state index in [1.165, 1.54) is 17.4 Å². The highest BCUT2D eigenvalue weighted by atomic mass is 79.9. The van der Waals surface area contributed by atoms with E-state index in [0.29, 0.717) is 12.2 Å². The number of pyridine rings is 1. The van der Waals surface area contributed by atoms with Crippen LogP contribution in [0.5, 0.6) is 0 Å². The fourth-order valence-corrected chi connectivity index (χ4v) is 3.48. The molecule has 0 amide bonds. The van der Waals surface area contributed by atoms with Gasteiger partial charge in [0.05, 0.1) is 17.3 Å². The topological polar surface area (TPSA) is 24.9 Å². The van der Waals surface area contributed by atoms with Crippen molar-refractivity contribution in [1.29, 1.82) is 0 Å². The van der Waals surface area contributed by atoms with Crippen LogP contribution in [0, 0.1) is 0 Å². The summed E-state index contributed by atoms with van der Waals surface area (Å²) < 4.78 is 38.6. The second-order valence-corrected chi connectivity index (χ2v) is 5.90. The molecule has 2 heterocycles. The summed E-state index contributed by atoms with van der Waals surface area (Å²) in [7, 11) is 0. The van der Waals surface area contributed by atoms with Crippen molar-refractivity contribution >= 4 is 27.3 Å². The maximum absolute atomic E-state index is 12.5. The number of nitrogens with one attached hydrogen (secondary N) is 1. The van der Waals surface area contributed by atoms with Crippen LogP contribution < -0.4 is 5.32 Å². The minimum atomic E-state index is -4.36. The Labute approximate surface area is 127 Å². The first-order chi connectivity index (χ1) is 9.43. The number of hydrogen-bond donors (Lipinski definition) is 1. The van der Waals surface area contributed by atoms with Gasteiger partial charge in [0.2, 0.25) is 0 Å². The first kappa shape index (κ1) is 15.5. The molecule has 2 nitrogen and oxygen atoms in total. The van der Waals surface area contributed by atoms with Crippen LogP contribution in [0.15, 0.2) is 34.2 Å². The fourth-order valence-electron chi connectivity index (χ4n) is 1.79. The van der Waals surface area contributed by atoms with Gasteiger partial charge < -0.3 is 5.32 Å². The van der Waals surface area contributed by atoms with Gasteiger partial charge in [-0.05, 0) is 46.1 Å². The average molecular weight is 365 g/mol. The van der Waals surface area contributed by atoms with Gasteiger partial charge in [-0.1, -0.05) is 6.92 Å². The third-order valence-corrected chi connectivity index (χ3v) is 4.66. The van der Waals surface area contributed by atoms with Crippen molar-refractivity contribution in [2.24, 2.45) is 0 Å². The third-order valence-electron chi connectivity index (χ3n) is 2.72. The first-order valence-corrected chi connectivity index (χ1v) is 7.60. The molecule has 0 aromatic carbocycles. The molecule has 2 aromatic heterocycles. The molecule has 0 aliphatic heterocycles. The molecule has 0 saturated carbocycles. The van der Waals surface area contributed by atoms with Crippen molar-refractivity contribution < 1.29 is 13.2 Å². The Morgan fingerprint density at radius 2 is 2.10 bits per heavy atom. The maximum Gasteiger partial charge on any atom is 0.417 e. The van der Waals surface area contributed by atoms with Gasteiger partial charge in [0.15, 0.2) is 0 Å². The molecule has 7 heteroatoms. The molecule has 0 aliphatic carbocycles. The standard InChI is InChI=1S/C13H12BrF3N2S/c1-2-18-11(12-9(14)5-6-20-12)10-4-3-8(7-19-10)13(15,16)17/h3-7,11,18H,2H2,1H3. The zero-order valence-electron chi connectivity index (χ0n) is 10.5. The molecule has 0 radical (unpaired) electrons. The van der Waals surface area contributed by atoms with E-state index in [1.54, 1.807) is 0 Å². The van der Waals surface area contributed by atoms with Crippen molar-refractivity contribution in [3.8, 4) is 0 Å². The molecule has 108 valence electrons. The molecule has 1 unspecified atom stereocenters. The summed E-state index contributed by atoms with van der Waals surface area (Å²) >= 11 is 4.97. The maximum atomic E-state index is 12.5. The first-order valence-electron chi connectivity index (χ1n) is 5.93. The third kappa shape index (κ3) is 3.39. The van der Waals surface area contributed by atoms with Gasteiger partial charge >= 0.3 is 6.18 Å². The van der Waals surface area contributed by atoms with Gasteiger partial charge in [-0.15, -0.1) is 11.3 Å². The molecule has 1 atom stereocenters. The summed E-state index contributed by atoms with van der Waals surface area (Å²) in [5.74, 6) is 0. The molecule has 0 fully saturated rings. The largest absolute Gasteiger partial charge is 0.417 e. The molecule has 20 heavy (non-hydrogen) atoms. The van der Waals surface area contributed by atoms with E-state index in [2.05, 4.69) is 26.2 Å². The average Bonchev–Trinajstić information content (AvgIpc) is 2.81. The minimum absolute atomic E-state index is 0.211. The zero-order valence-corrected chi connectivity index (χ0v) is 12.9. The Balaban J connectivity index is 2.33. The van der Waals surface area contributed by atoms with Crippen LogP contribution in [-0.2, 0) is 6.18 Å². The van der Waals surface area contributed by atoms with Crippen LogP contribution in [-0.4, -0.2) is 11.5 Å². The molecule has 0 aliphatic rings. The van der Waals surface area contributed by atoms with Gasteiger partial charge in [-0.3, -0.25) is 4.98 Å². The molecule has 0 saturated heterocycles. The van der Waals surface area contributed by atoms with Crippen molar-refractivity contribution in [3.63, 3.8) is 0 Å². The predicted octanol–water partition coefficient (Wildman–Crippen LogP) is 4.62. The van der Waals surface area contributed by atoms with E-state index in [0.717, 1.165) is 21.6 Å². The molecule has 0 spiro atoms. The van der Waals surface area contributed by atoms with Gasteiger partial charge in [-0.2, -0.15) is 13.2 Å². The van der Waals surface area contributed by atoms with Crippen molar-refractivity contribution in [2.75, 3.05) is 6.54 Å². The zero-order chi connectivity index (χ0) is 14.8. The van der Waals surface area contributed by atoms with E-state index in [-0.39, 0.29) is 6.04 Å². The Kier molecular flexibility index (Phi) is 4.82. The van der Waals surface area contributed by atoms with E-state index in [1.807, 2.05) is 18.4 Å². The fraction of sp³-hybridized carbons (Fsp3) is 0.308. The summed E-state index contributed by atoms with van der Waals surface area (Å²) in [5.41, 5.74) is -0.162. The van der Waals surface area contributed by atoms with Crippen molar-refractivity contribution in [3.05, 3.63) is 50.4 Å². The molecule has 1 N–H and O–H groups in total. The summed E-state index contributed by atoms with van der Waals surface area (Å²) in [4.78, 5) is 4.96. The van der Waals surface area contributed by atoms with Crippen LogP contribution in [0.25, 0.3) is 0 Å². The minimum Gasteiger partial charge on any atom is -0.305 e. The Morgan fingerprint density at radius 3 is 2.55 bits per heavy atom. The van der Waals surface area contributed by atoms with Crippen molar-refractivity contribution in [2.45, 2.75) is 19.1 Å². The van der Waals surface area contributed by atoms with E-state index < -0.39 is 11.7 Å². The highest BCUT2D eigenvalue weighted by Gasteiger charge is 2.31. The van der Waals surface area contributed by atoms with Crippen LogP contribution >= 0.6 is 27.3 Å². The number of halogens is 4. The monoisotopic (exact) mass is 364 g/mol. The smallest absolute Gasteiger partial charge is 0.305 e. The lowest BCUT2D eigenvalue weighted by atomic mass is 10.1. The lowest BCUT2D eigenvalue weighted by molar-refractivity contribution is -0.137. The van der Waals surface area contributed by atoms with E-state index in [9.17, 15) is 13.2 Å². The quantitative estimate of drug-likeness (QED) is 0.855. The Bertz CT molecular complexity index is 566.